The van der Waals surface area contributed by atoms with Gasteiger partial charge in [-0.2, -0.15) is 0 Å². The van der Waals surface area contributed by atoms with Crippen molar-refractivity contribution >= 4 is 5.96 Å². The number of guanidine groups is 1. The number of rotatable bonds is 10. The number of hydrogen-bond donors (Lipinski definition) is 2. The zero-order valence-electron chi connectivity index (χ0n) is 12.7. The van der Waals surface area contributed by atoms with Crippen LogP contribution in [0.4, 0.5) is 0 Å². The molecular formula is C14H30N4O. The fourth-order valence-electron chi connectivity index (χ4n) is 2.10. The standard InChI is InChI=1S/C14H30N4O/c1-4-15-14(16-9-6-12-19-3)17-10-11-18(5-2)13-7-8-13/h13H,4-12H2,1-3H3,(H2,15,16,17). The summed E-state index contributed by atoms with van der Waals surface area (Å²) in [5.74, 6) is 0.922. The Bertz CT molecular complexity index is 254. The number of likely N-dealkylation sites (N-methyl/N-ethyl adjacent to an activating group) is 1. The third-order valence-corrected chi connectivity index (χ3v) is 3.28. The normalized spacial score (nSPS) is 15.9. The third-order valence-electron chi connectivity index (χ3n) is 3.28. The number of methoxy groups -OCH3 is 1. The molecule has 0 aliphatic heterocycles. The minimum absolute atomic E-state index is 0.772. The molecular weight excluding hydrogens is 240 g/mol. The number of hydrogen-bond acceptors (Lipinski definition) is 3. The molecule has 0 unspecified atom stereocenters. The zero-order valence-corrected chi connectivity index (χ0v) is 12.7. The number of ether oxygens (including phenoxy) is 1. The Morgan fingerprint density at radius 2 is 2.11 bits per heavy atom. The van der Waals surface area contributed by atoms with Crippen LogP contribution in [0.25, 0.3) is 0 Å². The Balaban J connectivity index is 2.19. The van der Waals surface area contributed by atoms with Crippen LogP contribution in [0.1, 0.15) is 33.1 Å². The Labute approximate surface area is 117 Å². The number of nitrogens with one attached hydrogen (secondary N) is 2. The van der Waals surface area contributed by atoms with E-state index in [0.717, 1.165) is 57.8 Å². The van der Waals surface area contributed by atoms with Gasteiger partial charge in [-0.25, -0.2) is 0 Å². The predicted octanol–water partition coefficient (Wildman–Crippen LogP) is 1.06. The first kappa shape index (κ1) is 16.2. The molecule has 0 aromatic carbocycles. The van der Waals surface area contributed by atoms with Crippen LogP contribution in [0.5, 0.6) is 0 Å². The van der Waals surface area contributed by atoms with Crippen molar-refractivity contribution in [3.8, 4) is 0 Å². The lowest BCUT2D eigenvalue weighted by Crippen LogP contribution is -2.42. The molecule has 0 heterocycles. The van der Waals surface area contributed by atoms with Crippen molar-refractivity contribution < 1.29 is 4.74 Å². The molecule has 1 rings (SSSR count). The smallest absolute Gasteiger partial charge is 0.191 e. The fraction of sp³-hybridized carbons (Fsp3) is 0.929. The maximum atomic E-state index is 5.03. The van der Waals surface area contributed by atoms with E-state index >= 15 is 0 Å². The molecule has 112 valence electrons. The van der Waals surface area contributed by atoms with Gasteiger partial charge in [0.25, 0.3) is 0 Å². The summed E-state index contributed by atoms with van der Waals surface area (Å²) in [5, 5.41) is 6.68. The summed E-state index contributed by atoms with van der Waals surface area (Å²) in [6.07, 6.45) is 3.72. The van der Waals surface area contributed by atoms with Crippen molar-refractivity contribution in [2.24, 2.45) is 4.99 Å². The highest BCUT2D eigenvalue weighted by Gasteiger charge is 2.27. The summed E-state index contributed by atoms with van der Waals surface area (Å²) in [4.78, 5) is 7.07. The second kappa shape index (κ2) is 10.0. The van der Waals surface area contributed by atoms with E-state index in [9.17, 15) is 0 Å². The van der Waals surface area contributed by atoms with Crippen LogP contribution in [0, 0.1) is 0 Å². The van der Waals surface area contributed by atoms with Crippen LogP contribution in [0.2, 0.25) is 0 Å². The highest BCUT2D eigenvalue weighted by Crippen LogP contribution is 2.25. The molecule has 19 heavy (non-hydrogen) atoms. The van der Waals surface area contributed by atoms with Crippen molar-refractivity contribution in [2.45, 2.75) is 39.2 Å². The maximum Gasteiger partial charge on any atom is 0.191 e. The maximum absolute atomic E-state index is 5.03. The van der Waals surface area contributed by atoms with Crippen molar-refractivity contribution in [2.75, 3.05) is 46.4 Å². The monoisotopic (exact) mass is 270 g/mol. The van der Waals surface area contributed by atoms with E-state index in [1.54, 1.807) is 7.11 Å². The van der Waals surface area contributed by atoms with Crippen molar-refractivity contribution in [1.82, 2.24) is 15.5 Å². The van der Waals surface area contributed by atoms with Gasteiger partial charge in [0.2, 0.25) is 0 Å². The van der Waals surface area contributed by atoms with E-state index in [1.807, 2.05) is 0 Å². The Morgan fingerprint density at radius 3 is 2.68 bits per heavy atom. The molecule has 1 aliphatic rings. The lowest BCUT2D eigenvalue weighted by atomic mass is 10.4. The average Bonchev–Trinajstić information content (AvgIpc) is 3.24. The molecule has 0 saturated heterocycles. The van der Waals surface area contributed by atoms with Gasteiger partial charge in [-0.05, 0) is 32.7 Å². The molecule has 0 aromatic heterocycles. The first-order valence-corrected chi connectivity index (χ1v) is 7.57. The molecule has 1 aliphatic carbocycles. The second-order valence-corrected chi connectivity index (χ2v) is 4.89. The topological polar surface area (TPSA) is 48.9 Å². The molecule has 0 radical (unpaired) electrons. The SMILES string of the molecule is CCNC(=NCCCOC)NCCN(CC)C1CC1. The van der Waals surface area contributed by atoms with Crippen LogP contribution >= 0.6 is 0 Å². The fourth-order valence-corrected chi connectivity index (χ4v) is 2.10. The van der Waals surface area contributed by atoms with Crippen molar-refractivity contribution in [3.05, 3.63) is 0 Å². The first-order valence-electron chi connectivity index (χ1n) is 7.57. The summed E-state index contributed by atoms with van der Waals surface area (Å²) >= 11 is 0. The molecule has 0 aromatic rings. The van der Waals surface area contributed by atoms with Crippen molar-refractivity contribution in [3.63, 3.8) is 0 Å². The molecule has 0 amide bonds. The lowest BCUT2D eigenvalue weighted by Gasteiger charge is -2.20. The summed E-state index contributed by atoms with van der Waals surface area (Å²) in [6.45, 7) is 10.0. The quantitative estimate of drug-likeness (QED) is 0.354. The highest BCUT2D eigenvalue weighted by molar-refractivity contribution is 5.79. The van der Waals surface area contributed by atoms with Crippen LogP contribution in [0.3, 0.4) is 0 Å². The highest BCUT2D eigenvalue weighted by atomic mass is 16.5. The summed E-state index contributed by atoms with van der Waals surface area (Å²) in [7, 11) is 1.73. The molecule has 0 bridgehead atoms. The van der Waals surface area contributed by atoms with E-state index in [0.29, 0.717) is 0 Å². The molecule has 0 spiro atoms. The van der Waals surface area contributed by atoms with Gasteiger partial charge in [0.15, 0.2) is 5.96 Å². The third kappa shape index (κ3) is 7.38. The molecule has 2 N–H and O–H groups in total. The van der Waals surface area contributed by atoms with Crippen LogP contribution in [0.15, 0.2) is 4.99 Å². The van der Waals surface area contributed by atoms with E-state index < -0.39 is 0 Å². The van der Waals surface area contributed by atoms with Gasteiger partial charge in [0.05, 0.1) is 0 Å². The Morgan fingerprint density at radius 1 is 1.32 bits per heavy atom. The van der Waals surface area contributed by atoms with E-state index in [-0.39, 0.29) is 0 Å². The van der Waals surface area contributed by atoms with Gasteiger partial charge in [0, 0.05) is 45.9 Å². The Hall–Kier alpha value is -0.810. The van der Waals surface area contributed by atoms with Gasteiger partial charge >= 0.3 is 0 Å². The van der Waals surface area contributed by atoms with E-state index in [2.05, 4.69) is 34.4 Å². The minimum atomic E-state index is 0.772. The van der Waals surface area contributed by atoms with Crippen molar-refractivity contribution in [1.29, 1.82) is 0 Å². The lowest BCUT2D eigenvalue weighted by molar-refractivity contribution is 0.197. The zero-order chi connectivity index (χ0) is 13.9. The molecule has 5 nitrogen and oxygen atoms in total. The van der Waals surface area contributed by atoms with Gasteiger partial charge in [-0.15, -0.1) is 0 Å². The summed E-state index contributed by atoms with van der Waals surface area (Å²) in [5.41, 5.74) is 0. The number of nitrogens with zero attached hydrogens (tertiary/aromatic N) is 2. The number of aliphatic imine (C=N–C) groups is 1. The predicted molar refractivity (Wildman–Crippen MR) is 80.7 cm³/mol. The van der Waals surface area contributed by atoms with E-state index in [1.165, 1.54) is 12.8 Å². The van der Waals surface area contributed by atoms with Crippen LogP contribution in [-0.4, -0.2) is 63.3 Å². The largest absolute Gasteiger partial charge is 0.385 e. The van der Waals surface area contributed by atoms with Gasteiger partial charge in [0.1, 0.15) is 0 Å². The van der Waals surface area contributed by atoms with Crippen LogP contribution in [-0.2, 0) is 4.74 Å². The first-order chi connectivity index (χ1) is 9.31. The average molecular weight is 270 g/mol. The molecule has 1 saturated carbocycles. The molecule has 5 heteroatoms. The summed E-state index contributed by atoms with van der Waals surface area (Å²) < 4.78 is 5.03. The van der Waals surface area contributed by atoms with Gasteiger partial charge in [-0.3, -0.25) is 9.89 Å². The second-order valence-electron chi connectivity index (χ2n) is 4.89. The molecule has 0 atom stereocenters. The van der Waals surface area contributed by atoms with Crippen LogP contribution < -0.4 is 10.6 Å². The Kier molecular flexibility index (Phi) is 8.58. The minimum Gasteiger partial charge on any atom is -0.385 e. The molecule has 1 fully saturated rings. The summed E-state index contributed by atoms with van der Waals surface area (Å²) in [6, 6.07) is 0.841. The van der Waals surface area contributed by atoms with Gasteiger partial charge in [-0.1, -0.05) is 6.92 Å². The van der Waals surface area contributed by atoms with Gasteiger partial charge < -0.3 is 15.4 Å². The van der Waals surface area contributed by atoms with E-state index in [4.69, 9.17) is 4.74 Å².